The molecule has 2 rings (SSSR count). The van der Waals surface area contributed by atoms with Gasteiger partial charge in [0.1, 0.15) is 0 Å². The van der Waals surface area contributed by atoms with Gasteiger partial charge in [0.2, 0.25) is 0 Å². The molecule has 17 heavy (non-hydrogen) atoms. The van der Waals surface area contributed by atoms with Crippen LogP contribution in [0.4, 0.5) is 0 Å². The van der Waals surface area contributed by atoms with Gasteiger partial charge in [-0.05, 0) is 38.1 Å². The van der Waals surface area contributed by atoms with Gasteiger partial charge in [0.25, 0.3) is 5.91 Å². The summed E-state index contributed by atoms with van der Waals surface area (Å²) in [6.07, 6.45) is 5.86. The number of amides is 1. The monoisotopic (exact) mass is 311 g/mol. The van der Waals surface area contributed by atoms with Gasteiger partial charge >= 0.3 is 0 Å². The summed E-state index contributed by atoms with van der Waals surface area (Å²) in [6, 6.07) is 9.91. The molecule has 0 bridgehead atoms. The summed E-state index contributed by atoms with van der Waals surface area (Å²) in [5.41, 5.74) is 1.11. The molecule has 1 aliphatic heterocycles. The maximum Gasteiger partial charge on any atom is 0.257 e. The fourth-order valence-electron chi connectivity index (χ4n) is 1.60. The van der Waals surface area contributed by atoms with E-state index >= 15 is 0 Å². The third kappa shape index (κ3) is 3.01. The average Bonchev–Trinajstić information content (AvgIpc) is 2.67. The Balaban J connectivity index is 1.96. The van der Waals surface area contributed by atoms with Crippen molar-refractivity contribution in [1.29, 1.82) is 0 Å². The highest BCUT2D eigenvalue weighted by atomic mass is 79.9. The Hall–Kier alpha value is -1.00. The van der Waals surface area contributed by atoms with Crippen molar-refractivity contribution in [2.24, 2.45) is 0 Å². The van der Waals surface area contributed by atoms with E-state index in [4.69, 9.17) is 0 Å². The first-order valence-electron chi connectivity index (χ1n) is 5.28. The highest BCUT2D eigenvalue weighted by molar-refractivity contribution is 9.59. The summed E-state index contributed by atoms with van der Waals surface area (Å²) in [6.45, 7) is 0.569. The molecule has 0 aromatic heterocycles. The molecule has 1 amide bonds. The van der Waals surface area contributed by atoms with E-state index < -0.39 is 8.46 Å². The van der Waals surface area contributed by atoms with Crippen LogP contribution in [0.15, 0.2) is 52.8 Å². The van der Waals surface area contributed by atoms with E-state index in [1.165, 1.54) is 0 Å². The minimum Gasteiger partial charge on any atom is -0.348 e. The molecule has 1 aliphatic rings. The van der Waals surface area contributed by atoms with Crippen LogP contribution < -0.4 is 5.32 Å². The molecule has 0 saturated carbocycles. The molecule has 1 unspecified atom stereocenters. The number of hydrogen-bond acceptors (Lipinski definition) is 1. The predicted molar refractivity (Wildman–Crippen MR) is 78.0 cm³/mol. The molecule has 90 valence electrons. The van der Waals surface area contributed by atoms with Gasteiger partial charge in [-0.2, -0.15) is 0 Å². The van der Waals surface area contributed by atoms with Crippen LogP contribution in [-0.4, -0.2) is 12.2 Å². The third-order valence-electron chi connectivity index (χ3n) is 2.53. The van der Waals surface area contributed by atoms with Gasteiger partial charge in [0, 0.05) is 6.54 Å². The molecule has 1 aromatic carbocycles. The summed E-state index contributed by atoms with van der Waals surface area (Å²) in [7, 11) is -1.21. The fraction of sp³-hybridized carbons (Fsp3) is 0.154. The van der Waals surface area contributed by atoms with Crippen molar-refractivity contribution in [3.63, 3.8) is 0 Å². The smallest absolute Gasteiger partial charge is 0.257 e. The van der Waals surface area contributed by atoms with Gasteiger partial charge in [0.15, 0.2) is 0 Å². The number of halogens is 1. The average molecular weight is 312 g/mol. The lowest BCUT2D eigenvalue weighted by molar-refractivity contribution is -0.116. The van der Waals surface area contributed by atoms with Crippen LogP contribution in [-0.2, 0) is 11.3 Å². The lowest BCUT2D eigenvalue weighted by Gasteiger charge is -2.23. The fourth-order valence-corrected chi connectivity index (χ4v) is 4.04. The molecular weight excluding hydrogens is 298 g/mol. The van der Waals surface area contributed by atoms with E-state index in [-0.39, 0.29) is 5.91 Å². The maximum absolute atomic E-state index is 12.0. The van der Waals surface area contributed by atoms with Gasteiger partial charge in [0.05, 0.1) is 4.91 Å². The van der Waals surface area contributed by atoms with Crippen molar-refractivity contribution in [1.82, 2.24) is 5.32 Å². The molecule has 1 aromatic rings. The van der Waals surface area contributed by atoms with Crippen molar-refractivity contribution in [2.45, 2.75) is 6.54 Å². The molecule has 0 spiro atoms. The predicted octanol–water partition coefficient (Wildman–Crippen LogP) is 3.46. The van der Waals surface area contributed by atoms with Crippen LogP contribution in [0.3, 0.4) is 0 Å². The summed E-state index contributed by atoms with van der Waals surface area (Å²) < 4.78 is 0. The second-order valence-electron chi connectivity index (χ2n) is 3.91. The largest absolute Gasteiger partial charge is 0.348 e. The lowest BCUT2D eigenvalue weighted by Crippen LogP contribution is -2.24. The molecular formula is C13H14BrNOS. The van der Waals surface area contributed by atoms with Crippen molar-refractivity contribution in [3.8, 4) is 0 Å². The highest BCUT2D eigenvalue weighted by Gasteiger charge is 2.25. The Morgan fingerprint density at radius 1 is 1.35 bits per heavy atom. The van der Waals surface area contributed by atoms with E-state index in [2.05, 4.69) is 20.1 Å². The minimum absolute atomic E-state index is 0.00762. The molecule has 1 N–H and O–H groups in total. The Morgan fingerprint density at radius 2 is 2.06 bits per heavy atom. The van der Waals surface area contributed by atoms with Crippen LogP contribution in [0.1, 0.15) is 5.56 Å². The Morgan fingerprint density at radius 3 is 2.65 bits per heavy atom. The number of nitrogens with one attached hydrogen (secondary N) is 1. The van der Waals surface area contributed by atoms with Crippen molar-refractivity contribution < 1.29 is 4.79 Å². The number of benzene rings is 1. The number of hydrogen-bond donors (Lipinski definition) is 1. The van der Waals surface area contributed by atoms with Crippen LogP contribution in [0.5, 0.6) is 0 Å². The normalized spacial score (nSPS) is 26.1. The van der Waals surface area contributed by atoms with Crippen LogP contribution in [0, 0.1) is 0 Å². The number of rotatable bonds is 3. The third-order valence-corrected chi connectivity index (χ3v) is 6.07. The zero-order valence-corrected chi connectivity index (χ0v) is 11.9. The first-order chi connectivity index (χ1) is 8.09. The number of allylic oxidation sites excluding steroid dienone is 2. The van der Waals surface area contributed by atoms with Gasteiger partial charge in [-0.3, -0.25) is 4.79 Å². The highest BCUT2D eigenvalue weighted by Crippen LogP contribution is 2.63. The molecule has 0 radical (unpaired) electrons. The first-order valence-corrected chi connectivity index (χ1v) is 9.23. The van der Waals surface area contributed by atoms with Crippen molar-refractivity contribution >= 4 is 29.2 Å². The van der Waals surface area contributed by atoms with Gasteiger partial charge < -0.3 is 5.32 Å². The zero-order chi connectivity index (χ0) is 12.3. The molecule has 0 fully saturated rings. The molecule has 0 aliphatic carbocycles. The molecule has 4 heteroatoms. The van der Waals surface area contributed by atoms with Gasteiger partial charge in [-0.1, -0.05) is 36.4 Å². The van der Waals surface area contributed by atoms with E-state index in [0.717, 1.165) is 10.5 Å². The van der Waals surface area contributed by atoms with Crippen LogP contribution in [0.25, 0.3) is 0 Å². The maximum atomic E-state index is 12.0. The lowest BCUT2D eigenvalue weighted by atomic mass is 10.2. The Bertz CT molecular complexity index is 479. The van der Waals surface area contributed by atoms with E-state index in [1.807, 2.05) is 54.1 Å². The molecule has 1 heterocycles. The summed E-state index contributed by atoms with van der Waals surface area (Å²) >= 11 is 3.60. The van der Waals surface area contributed by atoms with Crippen molar-refractivity contribution in [3.05, 3.63) is 58.4 Å². The summed E-state index contributed by atoms with van der Waals surface area (Å²) in [4.78, 5) is 12.8. The van der Waals surface area contributed by atoms with E-state index in [9.17, 15) is 4.79 Å². The van der Waals surface area contributed by atoms with Gasteiger partial charge in [-0.25, -0.2) is 0 Å². The van der Waals surface area contributed by atoms with Crippen molar-refractivity contribution in [2.75, 3.05) is 6.26 Å². The first kappa shape index (κ1) is 12.5. The Kier molecular flexibility index (Phi) is 3.74. The Labute approximate surface area is 110 Å². The molecule has 2 nitrogen and oxygen atoms in total. The second kappa shape index (κ2) is 5.10. The SMILES string of the molecule is CS1(Br)C=CC=C1C(=O)NCc1ccccc1. The standard InChI is InChI=1S/C13H14BrNOS/c1-17(14)9-5-8-12(17)13(16)15-10-11-6-3-2-4-7-11/h2-9H,10H2,1H3,(H,15,16). The number of carbonyl (C=O) groups is 1. The van der Waals surface area contributed by atoms with Gasteiger partial charge in [-0.15, -0.1) is 8.46 Å². The zero-order valence-electron chi connectivity index (χ0n) is 9.52. The topological polar surface area (TPSA) is 29.1 Å². The van der Waals surface area contributed by atoms with E-state index in [1.54, 1.807) is 0 Å². The minimum atomic E-state index is -1.21. The molecule has 1 atom stereocenters. The van der Waals surface area contributed by atoms with Crippen LogP contribution >= 0.6 is 23.3 Å². The van der Waals surface area contributed by atoms with Crippen LogP contribution in [0.2, 0.25) is 0 Å². The quantitative estimate of drug-likeness (QED) is 0.910. The summed E-state index contributed by atoms with van der Waals surface area (Å²) in [5.74, 6) is 0.00762. The summed E-state index contributed by atoms with van der Waals surface area (Å²) in [5, 5.41) is 4.99. The van der Waals surface area contributed by atoms with E-state index in [0.29, 0.717) is 6.54 Å². The second-order valence-corrected chi connectivity index (χ2v) is 10.4. The number of carbonyl (C=O) groups excluding carboxylic acids is 1. The molecule has 0 saturated heterocycles.